The number of hydrogen-bond donors (Lipinski definition) is 0. The van der Waals surface area contributed by atoms with Gasteiger partial charge in [0.15, 0.2) is 0 Å². The van der Waals surface area contributed by atoms with Gasteiger partial charge in [0.2, 0.25) is 0 Å². The van der Waals surface area contributed by atoms with E-state index in [4.69, 9.17) is 0 Å². The average Bonchev–Trinajstić information content (AvgIpc) is 3.07. The Morgan fingerprint density at radius 2 is 1.03 bits per heavy atom. The zero-order chi connectivity index (χ0) is 22.1. The van der Waals surface area contributed by atoms with Crippen LogP contribution in [-0.4, -0.2) is 10.7 Å². The Balaban J connectivity index is 2.01. The van der Waals surface area contributed by atoms with Gasteiger partial charge in [-0.25, -0.2) is 0 Å². The summed E-state index contributed by atoms with van der Waals surface area (Å²) < 4.78 is 0. The van der Waals surface area contributed by atoms with Gasteiger partial charge in [-0.3, -0.25) is 0 Å². The van der Waals surface area contributed by atoms with Crippen LogP contribution < -0.4 is 0 Å². The highest BCUT2D eigenvalue weighted by molar-refractivity contribution is 9.09. The molecule has 0 atom stereocenters. The zero-order valence-electron chi connectivity index (χ0n) is 18.1. The lowest BCUT2D eigenvalue weighted by atomic mass is 9.70. The van der Waals surface area contributed by atoms with Crippen LogP contribution in [0, 0.1) is 22.7 Å². The van der Waals surface area contributed by atoms with E-state index in [1.165, 1.54) is 73.6 Å². The second-order valence-electron chi connectivity index (χ2n) is 8.53. The lowest BCUT2D eigenvalue weighted by Gasteiger charge is -2.33. The van der Waals surface area contributed by atoms with Crippen molar-refractivity contribution in [1.82, 2.24) is 0 Å². The Kier molecular flexibility index (Phi) is 9.18. The third-order valence-corrected chi connectivity index (χ3v) is 7.71. The molecular weight excluding hydrogens is 512 g/mol. The number of nitrogens with zero attached hydrogens (tertiary/aromatic N) is 2. The van der Waals surface area contributed by atoms with Gasteiger partial charge in [0.1, 0.15) is 0 Å². The lowest BCUT2D eigenvalue weighted by Crippen LogP contribution is -2.26. The van der Waals surface area contributed by atoms with Crippen molar-refractivity contribution in [2.45, 2.75) is 69.6 Å². The largest absolute Gasteiger partial charge is 0.192 e. The average molecular weight is 542 g/mol. The predicted molar refractivity (Wildman–Crippen MR) is 136 cm³/mol. The van der Waals surface area contributed by atoms with E-state index in [0.29, 0.717) is 0 Å². The minimum Gasteiger partial charge on any atom is -0.192 e. The molecule has 0 unspecified atom stereocenters. The number of rotatable bonds is 12. The molecule has 0 heterocycles. The van der Waals surface area contributed by atoms with Crippen LogP contribution in [0.25, 0.3) is 11.1 Å². The molecule has 0 fully saturated rings. The van der Waals surface area contributed by atoms with Crippen LogP contribution in [0.15, 0.2) is 36.4 Å². The Labute approximate surface area is 203 Å². The summed E-state index contributed by atoms with van der Waals surface area (Å²) in [6.45, 7) is 0. The second kappa shape index (κ2) is 11.8. The fraction of sp³-hybridized carbons (Fsp3) is 0.481. The van der Waals surface area contributed by atoms with Gasteiger partial charge in [-0.2, -0.15) is 10.5 Å². The number of benzene rings is 2. The Bertz CT molecular complexity index is 889. The highest BCUT2D eigenvalue weighted by Crippen LogP contribution is 2.54. The molecule has 0 aliphatic heterocycles. The fourth-order valence-electron chi connectivity index (χ4n) is 5.05. The van der Waals surface area contributed by atoms with Crippen molar-refractivity contribution < 1.29 is 0 Å². The van der Waals surface area contributed by atoms with Crippen LogP contribution in [0.5, 0.6) is 0 Å². The molecule has 0 N–H and O–H groups in total. The van der Waals surface area contributed by atoms with Crippen molar-refractivity contribution in [3.63, 3.8) is 0 Å². The first kappa shape index (κ1) is 24.0. The molecule has 0 aromatic heterocycles. The van der Waals surface area contributed by atoms with Crippen LogP contribution in [0.3, 0.4) is 0 Å². The molecule has 0 amide bonds. The summed E-state index contributed by atoms with van der Waals surface area (Å²) in [7, 11) is 0. The highest BCUT2D eigenvalue weighted by atomic mass is 79.9. The van der Waals surface area contributed by atoms with Gasteiger partial charge < -0.3 is 0 Å². The SMILES string of the molecule is N#Cc1ccc2c(c1)C(CCCCCCBr)(CCCCCCBr)c1cc(C#N)ccc1-2. The highest BCUT2D eigenvalue weighted by Gasteiger charge is 2.42. The molecular formula is C27H30Br2N2. The molecule has 4 heteroatoms. The topological polar surface area (TPSA) is 47.6 Å². The first-order valence-electron chi connectivity index (χ1n) is 11.4. The maximum absolute atomic E-state index is 9.58. The Morgan fingerprint density at radius 3 is 1.42 bits per heavy atom. The Morgan fingerprint density at radius 1 is 0.613 bits per heavy atom. The molecule has 1 aliphatic rings. The molecule has 0 spiro atoms. The summed E-state index contributed by atoms with van der Waals surface area (Å²) in [6.07, 6.45) is 11.8. The van der Waals surface area contributed by atoms with E-state index < -0.39 is 0 Å². The van der Waals surface area contributed by atoms with Gasteiger partial charge in [-0.1, -0.05) is 82.5 Å². The van der Waals surface area contributed by atoms with Crippen molar-refractivity contribution in [3.8, 4) is 23.3 Å². The minimum atomic E-state index is -0.0901. The van der Waals surface area contributed by atoms with E-state index in [1.807, 2.05) is 12.1 Å². The first-order chi connectivity index (χ1) is 15.2. The van der Waals surface area contributed by atoms with Gasteiger partial charge in [-0.05, 0) is 72.2 Å². The van der Waals surface area contributed by atoms with Gasteiger partial charge >= 0.3 is 0 Å². The molecule has 1 aliphatic carbocycles. The van der Waals surface area contributed by atoms with E-state index in [1.54, 1.807) is 0 Å². The molecule has 31 heavy (non-hydrogen) atoms. The van der Waals surface area contributed by atoms with Crippen LogP contribution >= 0.6 is 31.9 Å². The van der Waals surface area contributed by atoms with E-state index in [9.17, 15) is 10.5 Å². The first-order valence-corrected chi connectivity index (χ1v) is 13.7. The van der Waals surface area contributed by atoms with Gasteiger partial charge in [0, 0.05) is 16.1 Å². The third-order valence-electron chi connectivity index (χ3n) is 6.59. The van der Waals surface area contributed by atoms with Crippen molar-refractivity contribution in [2.24, 2.45) is 0 Å². The molecule has 0 saturated carbocycles. The van der Waals surface area contributed by atoms with Crippen LogP contribution in [0.2, 0.25) is 0 Å². The summed E-state index contributed by atoms with van der Waals surface area (Å²) in [5.74, 6) is 0. The molecule has 3 rings (SSSR count). The predicted octanol–water partition coefficient (Wildman–Crippen LogP) is 8.39. The fourth-order valence-corrected chi connectivity index (χ4v) is 5.84. The molecule has 0 bridgehead atoms. The summed E-state index contributed by atoms with van der Waals surface area (Å²) in [5, 5.41) is 21.3. The zero-order valence-corrected chi connectivity index (χ0v) is 21.3. The van der Waals surface area contributed by atoms with Crippen molar-refractivity contribution in [1.29, 1.82) is 10.5 Å². The number of nitriles is 2. The standard InChI is InChI=1S/C27H30Br2N2/c28-15-7-3-1-5-13-27(14-6-2-4-8-16-29)25-17-21(19-30)9-11-23(25)24-12-10-22(20-31)18-26(24)27/h9-12,17-18H,1-8,13-16H2. The third kappa shape index (κ3) is 5.42. The van der Waals surface area contributed by atoms with Crippen molar-refractivity contribution in [3.05, 3.63) is 58.7 Å². The summed E-state index contributed by atoms with van der Waals surface area (Å²) in [5.41, 5.74) is 6.48. The van der Waals surface area contributed by atoms with Crippen LogP contribution in [-0.2, 0) is 5.41 Å². The van der Waals surface area contributed by atoms with E-state index in [-0.39, 0.29) is 5.41 Å². The van der Waals surface area contributed by atoms with E-state index in [2.05, 4.69) is 68.3 Å². The number of alkyl halides is 2. The van der Waals surface area contributed by atoms with Crippen LogP contribution in [0.1, 0.15) is 86.5 Å². The van der Waals surface area contributed by atoms with E-state index in [0.717, 1.165) is 34.6 Å². The number of unbranched alkanes of at least 4 members (excludes halogenated alkanes) is 6. The number of hydrogen-bond acceptors (Lipinski definition) is 2. The molecule has 0 saturated heterocycles. The molecule has 2 nitrogen and oxygen atoms in total. The second-order valence-corrected chi connectivity index (χ2v) is 10.1. The van der Waals surface area contributed by atoms with Gasteiger partial charge in [-0.15, -0.1) is 0 Å². The number of fused-ring (bicyclic) bond motifs is 3. The smallest absolute Gasteiger partial charge is 0.0991 e. The van der Waals surface area contributed by atoms with E-state index >= 15 is 0 Å². The normalized spacial score (nSPS) is 13.3. The summed E-state index contributed by atoms with van der Waals surface area (Å²) in [4.78, 5) is 0. The quantitative estimate of drug-likeness (QED) is 0.200. The maximum atomic E-state index is 9.58. The maximum Gasteiger partial charge on any atom is 0.0991 e. The van der Waals surface area contributed by atoms with Crippen LogP contribution in [0.4, 0.5) is 0 Å². The lowest BCUT2D eigenvalue weighted by molar-refractivity contribution is 0.401. The minimum absolute atomic E-state index is 0.0901. The summed E-state index contributed by atoms with van der Waals surface area (Å²) >= 11 is 7.09. The molecule has 2 aromatic carbocycles. The summed E-state index contributed by atoms with van der Waals surface area (Å²) in [6, 6.07) is 17.1. The van der Waals surface area contributed by atoms with Crippen molar-refractivity contribution in [2.75, 3.05) is 10.7 Å². The molecule has 2 aromatic rings. The number of halogens is 2. The Hall–Kier alpha value is -1.62. The molecule has 0 radical (unpaired) electrons. The molecule has 162 valence electrons. The van der Waals surface area contributed by atoms with Gasteiger partial charge in [0.05, 0.1) is 23.3 Å². The van der Waals surface area contributed by atoms with Crippen molar-refractivity contribution >= 4 is 31.9 Å². The van der Waals surface area contributed by atoms with Gasteiger partial charge in [0.25, 0.3) is 0 Å². The monoisotopic (exact) mass is 540 g/mol.